The molecule has 19 heavy (non-hydrogen) atoms. The Morgan fingerprint density at radius 3 is 2.53 bits per heavy atom. The van der Waals surface area contributed by atoms with E-state index in [0.29, 0.717) is 5.75 Å². The van der Waals surface area contributed by atoms with Gasteiger partial charge < -0.3 is 5.32 Å². The van der Waals surface area contributed by atoms with Crippen LogP contribution in [0.5, 0.6) is 0 Å². The van der Waals surface area contributed by atoms with Gasteiger partial charge in [0.15, 0.2) is 0 Å². The SMILES string of the molecule is CC(C)(CCS(C)(=O)=O)CNC[C@H]1C[C@H]2C=C[C@H]1C2. The molecular weight excluding hydrogens is 258 g/mol. The van der Waals surface area contributed by atoms with Crippen molar-refractivity contribution in [2.75, 3.05) is 25.1 Å². The summed E-state index contributed by atoms with van der Waals surface area (Å²) in [6.07, 6.45) is 9.49. The molecule has 2 bridgehead atoms. The van der Waals surface area contributed by atoms with E-state index in [1.54, 1.807) is 0 Å². The second-order valence-electron chi connectivity index (χ2n) is 7.22. The standard InChI is InChI=1S/C15H27NO2S/c1-15(2,6-7-19(3,17)18)11-16-10-14-9-12-4-5-13(14)8-12/h4-5,12-14,16H,6-11H2,1-3H3/t12-,13-,14+/m0/s1. The Labute approximate surface area is 117 Å². The lowest BCUT2D eigenvalue weighted by atomic mass is 9.89. The summed E-state index contributed by atoms with van der Waals surface area (Å²) in [7, 11) is -2.84. The monoisotopic (exact) mass is 285 g/mol. The highest BCUT2D eigenvalue weighted by Crippen LogP contribution is 2.43. The maximum atomic E-state index is 11.2. The zero-order valence-electron chi connectivity index (χ0n) is 12.4. The minimum absolute atomic E-state index is 0.0521. The number of hydrogen-bond donors (Lipinski definition) is 1. The van der Waals surface area contributed by atoms with Gasteiger partial charge in [0.25, 0.3) is 0 Å². The number of nitrogens with one attached hydrogen (secondary N) is 1. The highest BCUT2D eigenvalue weighted by atomic mass is 32.2. The summed E-state index contributed by atoms with van der Waals surface area (Å²) in [6, 6.07) is 0. The van der Waals surface area contributed by atoms with Gasteiger partial charge in [0.2, 0.25) is 0 Å². The molecule has 0 unspecified atom stereocenters. The molecule has 0 saturated heterocycles. The summed E-state index contributed by atoms with van der Waals surface area (Å²) in [5, 5.41) is 3.56. The highest BCUT2D eigenvalue weighted by Gasteiger charge is 2.35. The first kappa shape index (κ1) is 15.0. The average molecular weight is 285 g/mol. The molecule has 110 valence electrons. The summed E-state index contributed by atoms with van der Waals surface area (Å²) in [5.74, 6) is 2.70. The molecule has 4 heteroatoms. The van der Waals surface area contributed by atoms with Gasteiger partial charge in [-0.2, -0.15) is 0 Å². The van der Waals surface area contributed by atoms with Gasteiger partial charge >= 0.3 is 0 Å². The molecule has 2 rings (SSSR count). The molecule has 2 aliphatic carbocycles. The lowest BCUT2D eigenvalue weighted by molar-refractivity contribution is 0.307. The quantitative estimate of drug-likeness (QED) is 0.730. The van der Waals surface area contributed by atoms with Crippen molar-refractivity contribution in [2.45, 2.75) is 33.1 Å². The molecule has 2 aliphatic rings. The number of hydrogen-bond acceptors (Lipinski definition) is 3. The number of rotatable bonds is 7. The first-order valence-electron chi connectivity index (χ1n) is 7.32. The molecule has 3 atom stereocenters. The van der Waals surface area contributed by atoms with Crippen molar-refractivity contribution >= 4 is 9.84 Å². The van der Waals surface area contributed by atoms with Crippen LogP contribution in [0.15, 0.2) is 12.2 Å². The fraction of sp³-hybridized carbons (Fsp3) is 0.867. The van der Waals surface area contributed by atoms with Crippen molar-refractivity contribution < 1.29 is 8.42 Å². The lowest BCUT2D eigenvalue weighted by Gasteiger charge is -2.27. The smallest absolute Gasteiger partial charge is 0.147 e. The van der Waals surface area contributed by atoms with Crippen molar-refractivity contribution in [3.8, 4) is 0 Å². The van der Waals surface area contributed by atoms with Gasteiger partial charge in [-0.3, -0.25) is 0 Å². The number of fused-ring (bicyclic) bond motifs is 2. The lowest BCUT2D eigenvalue weighted by Crippen LogP contribution is -2.35. The molecule has 0 amide bonds. The number of sulfone groups is 1. The maximum Gasteiger partial charge on any atom is 0.147 e. The topological polar surface area (TPSA) is 46.2 Å². The van der Waals surface area contributed by atoms with Crippen LogP contribution in [0.2, 0.25) is 0 Å². The largest absolute Gasteiger partial charge is 0.316 e. The Morgan fingerprint density at radius 2 is 2.00 bits per heavy atom. The first-order chi connectivity index (χ1) is 8.75. The van der Waals surface area contributed by atoms with E-state index in [-0.39, 0.29) is 5.41 Å². The van der Waals surface area contributed by atoms with Gasteiger partial charge in [-0.1, -0.05) is 26.0 Å². The van der Waals surface area contributed by atoms with E-state index in [1.165, 1.54) is 19.1 Å². The minimum Gasteiger partial charge on any atom is -0.316 e. The summed E-state index contributed by atoms with van der Waals surface area (Å²) in [4.78, 5) is 0. The third-order valence-electron chi connectivity index (χ3n) is 4.58. The van der Waals surface area contributed by atoms with Crippen LogP contribution in [0.4, 0.5) is 0 Å². The fourth-order valence-electron chi connectivity index (χ4n) is 3.28. The van der Waals surface area contributed by atoms with Gasteiger partial charge in [-0.15, -0.1) is 0 Å². The van der Waals surface area contributed by atoms with E-state index in [1.807, 2.05) is 0 Å². The van der Waals surface area contributed by atoms with E-state index in [4.69, 9.17) is 0 Å². The molecule has 0 aromatic rings. The van der Waals surface area contributed by atoms with E-state index in [9.17, 15) is 8.42 Å². The van der Waals surface area contributed by atoms with Crippen LogP contribution in [0.25, 0.3) is 0 Å². The van der Waals surface area contributed by atoms with Crippen LogP contribution >= 0.6 is 0 Å². The van der Waals surface area contributed by atoms with Gasteiger partial charge in [-0.05, 0) is 49.0 Å². The molecule has 0 spiro atoms. The molecule has 1 N–H and O–H groups in total. The Morgan fingerprint density at radius 1 is 1.26 bits per heavy atom. The Balaban J connectivity index is 1.68. The zero-order chi connectivity index (χ0) is 14.1. The van der Waals surface area contributed by atoms with Crippen molar-refractivity contribution in [1.29, 1.82) is 0 Å². The van der Waals surface area contributed by atoms with Crippen molar-refractivity contribution in [3.63, 3.8) is 0 Å². The van der Waals surface area contributed by atoms with Gasteiger partial charge in [0.1, 0.15) is 9.84 Å². The van der Waals surface area contributed by atoms with E-state index in [0.717, 1.165) is 37.3 Å². The van der Waals surface area contributed by atoms with Crippen LogP contribution in [0.1, 0.15) is 33.1 Å². The average Bonchev–Trinajstić information content (AvgIpc) is 2.87. The summed E-state index contributed by atoms with van der Waals surface area (Å²) < 4.78 is 22.4. The first-order valence-corrected chi connectivity index (χ1v) is 9.38. The Bertz CT molecular complexity index is 439. The summed E-state index contributed by atoms with van der Waals surface area (Å²) in [6.45, 7) is 6.27. The van der Waals surface area contributed by atoms with Crippen LogP contribution in [0, 0.1) is 23.2 Å². The molecule has 3 nitrogen and oxygen atoms in total. The van der Waals surface area contributed by atoms with Crippen LogP contribution < -0.4 is 5.32 Å². The second kappa shape index (κ2) is 5.57. The van der Waals surface area contributed by atoms with Crippen molar-refractivity contribution in [1.82, 2.24) is 5.32 Å². The van der Waals surface area contributed by atoms with Gasteiger partial charge in [0, 0.05) is 12.8 Å². The van der Waals surface area contributed by atoms with Crippen molar-refractivity contribution in [2.24, 2.45) is 23.2 Å². The third kappa shape index (κ3) is 4.60. The molecule has 1 fully saturated rings. The predicted molar refractivity (Wildman–Crippen MR) is 79.8 cm³/mol. The highest BCUT2D eigenvalue weighted by molar-refractivity contribution is 7.90. The Kier molecular flexibility index (Phi) is 4.41. The van der Waals surface area contributed by atoms with E-state index >= 15 is 0 Å². The minimum atomic E-state index is -2.84. The molecular formula is C15H27NO2S. The molecule has 0 radical (unpaired) electrons. The van der Waals surface area contributed by atoms with Crippen molar-refractivity contribution in [3.05, 3.63) is 12.2 Å². The maximum absolute atomic E-state index is 11.2. The normalized spacial score (nSPS) is 30.2. The molecule has 0 aromatic heterocycles. The van der Waals surface area contributed by atoms with E-state index < -0.39 is 9.84 Å². The van der Waals surface area contributed by atoms with Gasteiger partial charge in [-0.25, -0.2) is 8.42 Å². The van der Waals surface area contributed by atoms with Gasteiger partial charge in [0.05, 0.1) is 5.75 Å². The van der Waals surface area contributed by atoms with Crippen LogP contribution in [0.3, 0.4) is 0 Å². The van der Waals surface area contributed by atoms with Crippen LogP contribution in [-0.4, -0.2) is 33.5 Å². The number of allylic oxidation sites excluding steroid dienone is 2. The summed E-state index contributed by atoms with van der Waals surface area (Å²) in [5.41, 5.74) is 0.0521. The summed E-state index contributed by atoms with van der Waals surface area (Å²) >= 11 is 0. The molecule has 1 saturated carbocycles. The second-order valence-corrected chi connectivity index (χ2v) is 9.48. The molecule has 0 aliphatic heterocycles. The zero-order valence-corrected chi connectivity index (χ0v) is 13.2. The van der Waals surface area contributed by atoms with Crippen LogP contribution in [-0.2, 0) is 9.84 Å². The molecule has 0 heterocycles. The fourth-order valence-corrected chi connectivity index (χ4v) is 4.20. The van der Waals surface area contributed by atoms with E-state index in [2.05, 4.69) is 31.3 Å². The molecule has 0 aromatic carbocycles. The third-order valence-corrected chi connectivity index (χ3v) is 5.52. The predicted octanol–water partition coefficient (Wildman–Crippen LogP) is 2.25. The Hall–Kier alpha value is -0.350.